The fourth-order valence-corrected chi connectivity index (χ4v) is 1.90. The van der Waals surface area contributed by atoms with Gasteiger partial charge in [0.1, 0.15) is 11.6 Å². The number of ether oxygens (including phenoxy) is 1. The smallest absolute Gasteiger partial charge is 0.221 e. The maximum Gasteiger partial charge on any atom is 0.221 e. The molecule has 4 heteroatoms. The third kappa shape index (κ3) is 2.48. The molecule has 19 heavy (non-hydrogen) atoms. The van der Waals surface area contributed by atoms with E-state index in [9.17, 15) is 0 Å². The lowest BCUT2D eigenvalue weighted by molar-refractivity contribution is 0.464. The van der Waals surface area contributed by atoms with E-state index in [2.05, 4.69) is 16.5 Å². The van der Waals surface area contributed by atoms with Crippen molar-refractivity contribution in [3.63, 3.8) is 0 Å². The highest BCUT2D eigenvalue weighted by molar-refractivity contribution is 5.83. The molecule has 0 aliphatic heterocycles. The van der Waals surface area contributed by atoms with Crippen LogP contribution in [0.15, 0.2) is 60.7 Å². The number of fused-ring (bicyclic) bond motifs is 1. The van der Waals surface area contributed by atoms with Crippen LogP contribution in [0.3, 0.4) is 0 Å². The van der Waals surface area contributed by atoms with Gasteiger partial charge in [0, 0.05) is 6.07 Å². The third-order valence-corrected chi connectivity index (χ3v) is 2.81. The highest BCUT2D eigenvalue weighted by Crippen LogP contribution is 2.25. The second-order valence-corrected chi connectivity index (χ2v) is 4.12. The van der Waals surface area contributed by atoms with Gasteiger partial charge in [-0.2, -0.15) is 4.98 Å². The Balaban J connectivity index is 1.92. The summed E-state index contributed by atoms with van der Waals surface area (Å²) in [4.78, 5) is 4.21. The minimum Gasteiger partial charge on any atom is -0.439 e. The van der Waals surface area contributed by atoms with Gasteiger partial charge in [0.15, 0.2) is 0 Å². The Morgan fingerprint density at radius 1 is 0.895 bits per heavy atom. The van der Waals surface area contributed by atoms with E-state index in [0.717, 1.165) is 11.1 Å². The number of nitrogen functional groups attached to an aromatic ring is 1. The van der Waals surface area contributed by atoms with Gasteiger partial charge in [-0.1, -0.05) is 36.4 Å². The number of pyridine rings is 1. The Hall–Kier alpha value is -2.59. The molecule has 3 rings (SSSR count). The number of rotatable bonds is 3. The minimum absolute atomic E-state index is 0.505. The normalized spacial score (nSPS) is 10.4. The standard InChI is InChI=1S/C15H13N3O/c16-18-14-6-3-7-15(17-14)19-13-9-8-11-4-1-2-5-12(11)10-13/h1-10H,16H2,(H,17,18). The molecule has 3 aromatic rings. The van der Waals surface area contributed by atoms with E-state index < -0.39 is 0 Å². The van der Waals surface area contributed by atoms with Crippen molar-refractivity contribution in [1.29, 1.82) is 0 Å². The van der Waals surface area contributed by atoms with Crippen LogP contribution in [0.5, 0.6) is 11.6 Å². The van der Waals surface area contributed by atoms with Crippen LogP contribution >= 0.6 is 0 Å². The van der Waals surface area contributed by atoms with Crippen LogP contribution in [0, 0.1) is 0 Å². The van der Waals surface area contributed by atoms with Gasteiger partial charge in [-0.25, -0.2) is 5.84 Å². The van der Waals surface area contributed by atoms with E-state index in [0.29, 0.717) is 11.7 Å². The molecule has 0 fully saturated rings. The Labute approximate surface area is 110 Å². The predicted molar refractivity (Wildman–Crippen MR) is 76.1 cm³/mol. The molecule has 0 saturated heterocycles. The zero-order valence-corrected chi connectivity index (χ0v) is 10.2. The summed E-state index contributed by atoms with van der Waals surface area (Å²) < 4.78 is 5.72. The van der Waals surface area contributed by atoms with E-state index in [1.807, 2.05) is 42.5 Å². The van der Waals surface area contributed by atoms with Crippen molar-refractivity contribution in [3.05, 3.63) is 60.7 Å². The minimum atomic E-state index is 0.505. The molecule has 3 N–H and O–H groups in total. The van der Waals surface area contributed by atoms with E-state index in [1.54, 1.807) is 12.1 Å². The number of aromatic nitrogens is 1. The summed E-state index contributed by atoms with van der Waals surface area (Å²) in [6.45, 7) is 0. The Morgan fingerprint density at radius 2 is 1.74 bits per heavy atom. The lowest BCUT2D eigenvalue weighted by Crippen LogP contribution is -2.08. The van der Waals surface area contributed by atoms with Crippen molar-refractivity contribution in [2.24, 2.45) is 5.84 Å². The number of hydrazine groups is 1. The van der Waals surface area contributed by atoms with Gasteiger partial charge in [0.2, 0.25) is 5.88 Å². The quantitative estimate of drug-likeness (QED) is 0.554. The summed E-state index contributed by atoms with van der Waals surface area (Å²) in [6, 6.07) is 19.5. The van der Waals surface area contributed by atoms with Crippen molar-refractivity contribution in [2.75, 3.05) is 5.43 Å². The number of anilines is 1. The van der Waals surface area contributed by atoms with Crippen LogP contribution < -0.4 is 16.0 Å². The van der Waals surface area contributed by atoms with Gasteiger partial charge in [0.05, 0.1) is 0 Å². The predicted octanol–water partition coefficient (Wildman–Crippen LogP) is 3.31. The number of hydrogen-bond acceptors (Lipinski definition) is 4. The summed E-state index contributed by atoms with van der Waals surface area (Å²) >= 11 is 0. The molecule has 4 nitrogen and oxygen atoms in total. The monoisotopic (exact) mass is 251 g/mol. The molecule has 0 radical (unpaired) electrons. The maximum atomic E-state index is 5.72. The van der Waals surface area contributed by atoms with E-state index in [-0.39, 0.29) is 0 Å². The van der Waals surface area contributed by atoms with Gasteiger partial charge in [-0.3, -0.25) is 0 Å². The first-order valence-corrected chi connectivity index (χ1v) is 5.95. The maximum absolute atomic E-state index is 5.72. The Kier molecular flexibility index (Phi) is 3.00. The molecule has 0 unspecified atom stereocenters. The molecule has 0 aliphatic carbocycles. The average molecular weight is 251 g/mol. The van der Waals surface area contributed by atoms with Crippen LogP contribution in [0.2, 0.25) is 0 Å². The summed E-state index contributed by atoms with van der Waals surface area (Å²) in [5.74, 6) is 7.14. The SMILES string of the molecule is NNc1cccc(Oc2ccc3ccccc3c2)n1. The lowest BCUT2D eigenvalue weighted by Gasteiger charge is -2.07. The second kappa shape index (κ2) is 4.96. The Bertz CT molecular complexity index is 712. The topological polar surface area (TPSA) is 60.2 Å². The van der Waals surface area contributed by atoms with E-state index in [4.69, 9.17) is 10.6 Å². The van der Waals surface area contributed by atoms with Gasteiger partial charge in [-0.05, 0) is 29.0 Å². The zero-order valence-electron chi connectivity index (χ0n) is 10.2. The highest BCUT2D eigenvalue weighted by Gasteiger charge is 2.01. The molecule has 0 atom stereocenters. The highest BCUT2D eigenvalue weighted by atomic mass is 16.5. The first-order valence-electron chi connectivity index (χ1n) is 5.95. The molecular formula is C15H13N3O. The van der Waals surface area contributed by atoms with Gasteiger partial charge in [-0.15, -0.1) is 0 Å². The van der Waals surface area contributed by atoms with Crippen molar-refractivity contribution in [2.45, 2.75) is 0 Å². The summed E-state index contributed by atoms with van der Waals surface area (Å²) in [5.41, 5.74) is 2.49. The lowest BCUT2D eigenvalue weighted by atomic mass is 10.1. The second-order valence-electron chi connectivity index (χ2n) is 4.12. The van der Waals surface area contributed by atoms with Crippen LogP contribution in [-0.4, -0.2) is 4.98 Å². The molecule has 0 amide bonds. The number of nitrogens with one attached hydrogen (secondary N) is 1. The molecular weight excluding hydrogens is 238 g/mol. The molecule has 1 aromatic heterocycles. The molecule has 94 valence electrons. The number of benzene rings is 2. The van der Waals surface area contributed by atoms with Crippen LogP contribution in [0.4, 0.5) is 5.82 Å². The van der Waals surface area contributed by atoms with Crippen LogP contribution in [-0.2, 0) is 0 Å². The first kappa shape index (κ1) is 11.5. The van der Waals surface area contributed by atoms with Crippen molar-refractivity contribution in [1.82, 2.24) is 4.98 Å². The van der Waals surface area contributed by atoms with Crippen LogP contribution in [0.25, 0.3) is 10.8 Å². The fourth-order valence-electron chi connectivity index (χ4n) is 1.90. The first-order chi connectivity index (χ1) is 9.35. The number of nitrogens with zero attached hydrogens (tertiary/aromatic N) is 1. The fraction of sp³-hybridized carbons (Fsp3) is 0. The van der Waals surface area contributed by atoms with Crippen molar-refractivity contribution in [3.8, 4) is 11.6 Å². The third-order valence-electron chi connectivity index (χ3n) is 2.81. The molecule has 0 saturated carbocycles. The molecule has 0 spiro atoms. The largest absolute Gasteiger partial charge is 0.439 e. The summed E-state index contributed by atoms with van der Waals surface area (Å²) in [5, 5.41) is 2.31. The van der Waals surface area contributed by atoms with Crippen molar-refractivity contribution >= 4 is 16.6 Å². The van der Waals surface area contributed by atoms with Gasteiger partial charge < -0.3 is 10.2 Å². The summed E-state index contributed by atoms with van der Waals surface area (Å²) in [7, 11) is 0. The molecule has 0 bridgehead atoms. The number of hydrogen-bond donors (Lipinski definition) is 2. The van der Waals surface area contributed by atoms with E-state index >= 15 is 0 Å². The zero-order chi connectivity index (χ0) is 13.1. The Morgan fingerprint density at radius 3 is 2.58 bits per heavy atom. The molecule has 1 heterocycles. The summed E-state index contributed by atoms with van der Waals surface area (Å²) in [6.07, 6.45) is 0. The van der Waals surface area contributed by atoms with Gasteiger partial charge >= 0.3 is 0 Å². The van der Waals surface area contributed by atoms with Crippen LogP contribution in [0.1, 0.15) is 0 Å². The van der Waals surface area contributed by atoms with E-state index in [1.165, 1.54) is 5.39 Å². The molecule has 0 aliphatic rings. The van der Waals surface area contributed by atoms with Gasteiger partial charge in [0.25, 0.3) is 0 Å². The molecule has 2 aromatic carbocycles. The average Bonchev–Trinajstić information content (AvgIpc) is 2.47. The number of nitrogens with two attached hydrogens (primary N) is 1. The van der Waals surface area contributed by atoms with Crippen molar-refractivity contribution < 1.29 is 4.74 Å².